The molecule has 0 saturated heterocycles. The summed E-state index contributed by atoms with van der Waals surface area (Å²) in [4.78, 5) is 17.4. The number of carbonyl (C=O) groups excluding carboxylic acids is 1. The fraction of sp³-hybridized carbons (Fsp3) is 0.286. The highest BCUT2D eigenvalue weighted by Crippen LogP contribution is 2.40. The second-order valence-electron chi connectivity index (χ2n) is 6.98. The van der Waals surface area contributed by atoms with E-state index in [0.717, 1.165) is 28.6 Å². The summed E-state index contributed by atoms with van der Waals surface area (Å²) in [6.45, 7) is 0.301. The average Bonchev–Trinajstić information content (AvgIpc) is 3.08. The molecule has 1 unspecified atom stereocenters. The van der Waals surface area contributed by atoms with Gasteiger partial charge in [-0.25, -0.2) is 4.79 Å². The van der Waals surface area contributed by atoms with Crippen LogP contribution in [0.1, 0.15) is 28.4 Å². The minimum Gasteiger partial charge on any atom is -0.448 e. The standard InChI is InChI=1S/C21H17Cl2F3N2O2/c22-7-9-30-20(29)28-8-6-15-16-11-14(23)4-5-17(16)27-18(15)19(28)12-2-1-3-13(10-12)21(24,25)26/h1-5,10-11,19,27H,6-9H2. The van der Waals surface area contributed by atoms with E-state index < -0.39 is 23.9 Å². The third-order valence-electron chi connectivity index (χ3n) is 5.16. The number of aromatic nitrogens is 1. The number of alkyl halides is 4. The van der Waals surface area contributed by atoms with Crippen molar-refractivity contribution in [1.29, 1.82) is 0 Å². The van der Waals surface area contributed by atoms with E-state index in [1.54, 1.807) is 12.1 Å². The molecule has 0 spiro atoms. The molecule has 2 aromatic carbocycles. The van der Waals surface area contributed by atoms with Crippen LogP contribution in [-0.4, -0.2) is 35.0 Å². The first-order chi connectivity index (χ1) is 14.3. The average molecular weight is 457 g/mol. The summed E-state index contributed by atoms with van der Waals surface area (Å²) in [6, 6.07) is 9.60. The number of nitrogens with one attached hydrogen (secondary N) is 1. The van der Waals surface area contributed by atoms with Crippen LogP contribution in [0.3, 0.4) is 0 Å². The Labute approximate surface area is 180 Å². The number of amides is 1. The Morgan fingerprint density at radius 3 is 2.77 bits per heavy atom. The number of nitrogens with zero attached hydrogens (tertiary/aromatic N) is 1. The van der Waals surface area contributed by atoms with Crippen LogP contribution in [0.4, 0.5) is 18.0 Å². The Bertz CT molecular complexity index is 1100. The molecule has 0 fully saturated rings. The lowest BCUT2D eigenvalue weighted by molar-refractivity contribution is -0.137. The number of hydrogen-bond acceptors (Lipinski definition) is 2. The van der Waals surface area contributed by atoms with Crippen molar-refractivity contribution in [1.82, 2.24) is 9.88 Å². The van der Waals surface area contributed by atoms with E-state index in [-0.39, 0.29) is 19.0 Å². The van der Waals surface area contributed by atoms with Crippen LogP contribution in [-0.2, 0) is 17.3 Å². The van der Waals surface area contributed by atoms with Gasteiger partial charge in [-0.3, -0.25) is 4.90 Å². The maximum Gasteiger partial charge on any atom is 0.416 e. The summed E-state index contributed by atoms with van der Waals surface area (Å²) in [5.74, 6) is 0.129. The normalized spacial score (nSPS) is 16.6. The van der Waals surface area contributed by atoms with Gasteiger partial charge in [0.15, 0.2) is 0 Å². The highest BCUT2D eigenvalue weighted by atomic mass is 35.5. The minimum atomic E-state index is -4.49. The lowest BCUT2D eigenvalue weighted by atomic mass is 9.92. The summed E-state index contributed by atoms with van der Waals surface area (Å²) in [5.41, 5.74) is 1.95. The van der Waals surface area contributed by atoms with E-state index in [1.807, 2.05) is 12.1 Å². The zero-order valence-corrected chi connectivity index (χ0v) is 17.1. The highest BCUT2D eigenvalue weighted by Gasteiger charge is 2.37. The van der Waals surface area contributed by atoms with Crippen molar-refractivity contribution < 1.29 is 22.7 Å². The summed E-state index contributed by atoms with van der Waals surface area (Å²) in [6.07, 6.45) is -4.60. The quantitative estimate of drug-likeness (QED) is 0.479. The van der Waals surface area contributed by atoms with Gasteiger partial charge < -0.3 is 9.72 Å². The van der Waals surface area contributed by atoms with E-state index in [4.69, 9.17) is 27.9 Å². The molecule has 3 aromatic rings. The van der Waals surface area contributed by atoms with Crippen molar-refractivity contribution >= 4 is 40.2 Å². The van der Waals surface area contributed by atoms with Crippen LogP contribution in [0.25, 0.3) is 10.9 Å². The number of rotatable bonds is 3. The Hall–Kier alpha value is -2.38. The molecule has 4 rings (SSSR count). The predicted octanol–water partition coefficient (Wildman–Crippen LogP) is 6.16. The Morgan fingerprint density at radius 1 is 1.23 bits per heavy atom. The molecule has 0 radical (unpaired) electrons. The number of aromatic amines is 1. The first-order valence-corrected chi connectivity index (χ1v) is 10.2. The first-order valence-electron chi connectivity index (χ1n) is 9.26. The molecule has 9 heteroatoms. The van der Waals surface area contributed by atoms with Gasteiger partial charge in [0, 0.05) is 28.2 Å². The summed E-state index contributed by atoms with van der Waals surface area (Å²) < 4.78 is 45.2. The van der Waals surface area contributed by atoms with E-state index >= 15 is 0 Å². The van der Waals surface area contributed by atoms with E-state index in [9.17, 15) is 18.0 Å². The van der Waals surface area contributed by atoms with Crippen molar-refractivity contribution in [3.63, 3.8) is 0 Å². The third-order valence-corrected chi connectivity index (χ3v) is 5.55. The molecule has 0 aliphatic carbocycles. The monoisotopic (exact) mass is 456 g/mol. The molecule has 1 aliphatic rings. The molecule has 0 saturated carbocycles. The van der Waals surface area contributed by atoms with Crippen molar-refractivity contribution in [2.45, 2.75) is 18.6 Å². The molecule has 4 nitrogen and oxygen atoms in total. The number of carbonyl (C=O) groups is 1. The van der Waals surface area contributed by atoms with Gasteiger partial charge in [0.2, 0.25) is 0 Å². The number of benzene rings is 2. The number of hydrogen-bond donors (Lipinski definition) is 1. The van der Waals surface area contributed by atoms with Crippen LogP contribution >= 0.6 is 23.2 Å². The molecule has 1 aliphatic heterocycles. The molecular weight excluding hydrogens is 440 g/mol. The van der Waals surface area contributed by atoms with Gasteiger partial charge in [0.25, 0.3) is 0 Å². The second kappa shape index (κ2) is 8.04. The van der Waals surface area contributed by atoms with Gasteiger partial charge in [-0.2, -0.15) is 13.2 Å². The number of ether oxygens (including phenoxy) is 1. The Balaban J connectivity index is 1.86. The van der Waals surface area contributed by atoms with Gasteiger partial charge in [-0.05, 0) is 47.9 Å². The maximum atomic E-state index is 13.3. The van der Waals surface area contributed by atoms with Crippen LogP contribution < -0.4 is 0 Å². The molecular formula is C21H17Cl2F3N2O2. The van der Waals surface area contributed by atoms with Gasteiger partial charge in [0.05, 0.1) is 11.4 Å². The van der Waals surface area contributed by atoms with E-state index in [0.29, 0.717) is 22.7 Å². The zero-order valence-electron chi connectivity index (χ0n) is 15.6. The van der Waals surface area contributed by atoms with Crippen molar-refractivity contribution in [2.75, 3.05) is 19.0 Å². The molecule has 30 heavy (non-hydrogen) atoms. The Kier molecular flexibility index (Phi) is 5.59. The fourth-order valence-electron chi connectivity index (χ4n) is 3.90. The lowest BCUT2D eigenvalue weighted by Crippen LogP contribution is -2.41. The molecule has 1 amide bonds. The molecule has 0 bridgehead atoms. The number of halogens is 5. The van der Waals surface area contributed by atoms with Gasteiger partial charge >= 0.3 is 12.3 Å². The predicted molar refractivity (Wildman–Crippen MR) is 109 cm³/mol. The van der Waals surface area contributed by atoms with E-state index in [1.165, 1.54) is 11.0 Å². The largest absolute Gasteiger partial charge is 0.448 e. The number of fused-ring (bicyclic) bond motifs is 3. The molecule has 158 valence electrons. The molecule has 1 atom stereocenters. The van der Waals surface area contributed by atoms with Crippen LogP contribution in [0.2, 0.25) is 5.02 Å². The smallest absolute Gasteiger partial charge is 0.416 e. The third kappa shape index (κ3) is 3.84. The topological polar surface area (TPSA) is 45.3 Å². The minimum absolute atomic E-state index is 0.0152. The van der Waals surface area contributed by atoms with Crippen LogP contribution in [0.5, 0.6) is 0 Å². The zero-order chi connectivity index (χ0) is 21.5. The maximum absolute atomic E-state index is 13.3. The summed E-state index contributed by atoms with van der Waals surface area (Å²) in [7, 11) is 0. The fourth-order valence-corrected chi connectivity index (χ4v) is 4.15. The summed E-state index contributed by atoms with van der Waals surface area (Å²) in [5, 5.41) is 1.45. The molecule has 1 N–H and O–H groups in total. The van der Waals surface area contributed by atoms with Crippen LogP contribution in [0, 0.1) is 0 Å². The van der Waals surface area contributed by atoms with Gasteiger partial charge in [-0.15, -0.1) is 11.6 Å². The van der Waals surface area contributed by atoms with Crippen molar-refractivity contribution in [3.05, 3.63) is 69.9 Å². The van der Waals surface area contributed by atoms with E-state index in [2.05, 4.69) is 4.98 Å². The van der Waals surface area contributed by atoms with Crippen molar-refractivity contribution in [2.24, 2.45) is 0 Å². The summed E-state index contributed by atoms with van der Waals surface area (Å²) >= 11 is 11.8. The Morgan fingerprint density at radius 2 is 2.03 bits per heavy atom. The SMILES string of the molecule is O=C(OCCCl)N1CCc2c([nH]c3ccc(Cl)cc23)C1c1cccc(C(F)(F)F)c1. The lowest BCUT2D eigenvalue weighted by Gasteiger charge is -2.35. The highest BCUT2D eigenvalue weighted by molar-refractivity contribution is 6.31. The van der Waals surface area contributed by atoms with Crippen LogP contribution in [0.15, 0.2) is 42.5 Å². The molecule has 2 heterocycles. The molecule has 1 aromatic heterocycles. The second-order valence-corrected chi connectivity index (χ2v) is 7.79. The van der Waals surface area contributed by atoms with Crippen molar-refractivity contribution in [3.8, 4) is 0 Å². The number of H-pyrrole nitrogens is 1. The van der Waals surface area contributed by atoms with Gasteiger partial charge in [0.1, 0.15) is 12.6 Å². The first kappa shape index (κ1) is 20.9. The van der Waals surface area contributed by atoms with Gasteiger partial charge in [-0.1, -0.05) is 23.7 Å².